The molecule has 1 heterocycles. The van der Waals surface area contributed by atoms with E-state index in [0.717, 1.165) is 28.0 Å². The standard InChI is InChI=1S/C20H20N2O3S2/c1-14-7-9-17(10-8-14)22-27(24,25)18-11-12-26-19(18)20(23)21-13-16-6-4-3-5-15(16)2/h3-12,22H,13H2,1-2H3,(H,21,23). The van der Waals surface area contributed by atoms with Crippen molar-refractivity contribution in [3.8, 4) is 0 Å². The first-order valence-corrected chi connectivity index (χ1v) is 10.7. The van der Waals surface area contributed by atoms with E-state index in [-0.39, 0.29) is 9.77 Å². The van der Waals surface area contributed by atoms with Crippen molar-refractivity contribution in [2.24, 2.45) is 0 Å². The third kappa shape index (κ3) is 4.56. The van der Waals surface area contributed by atoms with Crippen LogP contribution in [0.2, 0.25) is 0 Å². The van der Waals surface area contributed by atoms with Crippen LogP contribution in [0.1, 0.15) is 26.4 Å². The van der Waals surface area contributed by atoms with Gasteiger partial charge in [-0.05, 0) is 48.6 Å². The predicted octanol–water partition coefficient (Wildman–Crippen LogP) is 4.10. The van der Waals surface area contributed by atoms with Gasteiger partial charge >= 0.3 is 0 Å². The first-order chi connectivity index (χ1) is 12.9. The molecule has 1 aromatic heterocycles. The zero-order valence-electron chi connectivity index (χ0n) is 15.0. The number of sulfonamides is 1. The quantitative estimate of drug-likeness (QED) is 0.654. The van der Waals surface area contributed by atoms with Gasteiger partial charge in [-0.2, -0.15) is 0 Å². The molecule has 0 radical (unpaired) electrons. The van der Waals surface area contributed by atoms with E-state index in [1.165, 1.54) is 6.07 Å². The Balaban J connectivity index is 1.77. The van der Waals surface area contributed by atoms with Crippen LogP contribution < -0.4 is 10.0 Å². The maximum Gasteiger partial charge on any atom is 0.263 e. The molecule has 2 N–H and O–H groups in total. The van der Waals surface area contributed by atoms with Crippen LogP contribution in [0.5, 0.6) is 0 Å². The number of amides is 1. The second-order valence-corrected chi connectivity index (χ2v) is 8.76. The van der Waals surface area contributed by atoms with Gasteiger partial charge in [-0.1, -0.05) is 42.0 Å². The minimum absolute atomic E-state index is 0.0182. The fourth-order valence-corrected chi connectivity index (χ4v) is 4.97. The second-order valence-electron chi connectivity index (χ2n) is 6.19. The van der Waals surface area contributed by atoms with Crippen LogP contribution in [0.4, 0.5) is 5.69 Å². The van der Waals surface area contributed by atoms with Crippen molar-refractivity contribution in [1.29, 1.82) is 0 Å². The molecule has 0 saturated carbocycles. The summed E-state index contributed by atoms with van der Waals surface area (Å²) < 4.78 is 28.0. The summed E-state index contributed by atoms with van der Waals surface area (Å²) in [6.45, 7) is 4.23. The molecular formula is C20H20N2O3S2. The molecular weight excluding hydrogens is 380 g/mol. The molecule has 0 atom stereocenters. The molecule has 0 saturated heterocycles. The van der Waals surface area contributed by atoms with Gasteiger partial charge < -0.3 is 5.32 Å². The summed E-state index contributed by atoms with van der Waals surface area (Å²) in [6, 6.07) is 16.2. The lowest BCUT2D eigenvalue weighted by Gasteiger charge is -2.10. The Morgan fingerprint density at radius 3 is 2.41 bits per heavy atom. The van der Waals surface area contributed by atoms with Crippen molar-refractivity contribution in [3.63, 3.8) is 0 Å². The fourth-order valence-electron chi connectivity index (χ4n) is 2.57. The van der Waals surface area contributed by atoms with Gasteiger partial charge in [-0.3, -0.25) is 9.52 Å². The first kappa shape index (κ1) is 19.1. The smallest absolute Gasteiger partial charge is 0.263 e. The molecule has 0 aliphatic heterocycles. The average molecular weight is 401 g/mol. The maximum atomic E-state index is 12.7. The van der Waals surface area contributed by atoms with E-state index in [9.17, 15) is 13.2 Å². The van der Waals surface area contributed by atoms with Gasteiger partial charge in [0, 0.05) is 12.2 Å². The molecule has 0 bridgehead atoms. The van der Waals surface area contributed by atoms with E-state index in [1.807, 2.05) is 50.2 Å². The summed E-state index contributed by atoms with van der Waals surface area (Å²) >= 11 is 1.11. The molecule has 27 heavy (non-hydrogen) atoms. The van der Waals surface area contributed by atoms with Crippen molar-refractivity contribution >= 4 is 33.0 Å². The van der Waals surface area contributed by atoms with Gasteiger partial charge in [-0.25, -0.2) is 8.42 Å². The number of benzene rings is 2. The first-order valence-electron chi connectivity index (χ1n) is 8.36. The predicted molar refractivity (Wildman–Crippen MR) is 109 cm³/mol. The minimum Gasteiger partial charge on any atom is -0.347 e. The van der Waals surface area contributed by atoms with Crippen molar-refractivity contribution in [2.45, 2.75) is 25.3 Å². The largest absolute Gasteiger partial charge is 0.347 e. The van der Waals surface area contributed by atoms with Crippen LogP contribution in [-0.4, -0.2) is 14.3 Å². The lowest BCUT2D eigenvalue weighted by molar-refractivity contribution is 0.0952. The topological polar surface area (TPSA) is 75.3 Å². The molecule has 0 spiro atoms. The number of nitrogens with one attached hydrogen (secondary N) is 2. The number of hydrogen-bond acceptors (Lipinski definition) is 4. The van der Waals surface area contributed by atoms with Gasteiger partial charge in [0.15, 0.2) is 0 Å². The third-order valence-corrected chi connectivity index (χ3v) is 6.60. The third-order valence-electron chi connectivity index (χ3n) is 4.13. The van der Waals surface area contributed by atoms with Crippen LogP contribution >= 0.6 is 11.3 Å². The Morgan fingerprint density at radius 2 is 1.70 bits per heavy atom. The molecule has 2 aromatic carbocycles. The van der Waals surface area contributed by atoms with E-state index >= 15 is 0 Å². The summed E-state index contributed by atoms with van der Waals surface area (Å²) in [6.07, 6.45) is 0. The summed E-state index contributed by atoms with van der Waals surface area (Å²) in [4.78, 5) is 12.7. The summed E-state index contributed by atoms with van der Waals surface area (Å²) in [5.74, 6) is -0.405. The number of carbonyl (C=O) groups excluding carboxylic acids is 1. The molecule has 7 heteroatoms. The number of thiophene rings is 1. The number of hydrogen-bond donors (Lipinski definition) is 2. The molecule has 0 aliphatic carbocycles. The SMILES string of the molecule is Cc1ccc(NS(=O)(=O)c2ccsc2C(=O)NCc2ccccc2C)cc1. The lowest BCUT2D eigenvalue weighted by atomic mass is 10.1. The van der Waals surface area contributed by atoms with Crippen LogP contribution in [0.25, 0.3) is 0 Å². The highest BCUT2D eigenvalue weighted by Gasteiger charge is 2.24. The monoisotopic (exact) mass is 400 g/mol. The zero-order chi connectivity index (χ0) is 19.4. The molecule has 5 nitrogen and oxygen atoms in total. The minimum atomic E-state index is -3.85. The maximum absolute atomic E-state index is 12.7. The summed E-state index contributed by atoms with van der Waals surface area (Å²) in [7, 11) is -3.85. The summed E-state index contributed by atoms with van der Waals surface area (Å²) in [5, 5.41) is 4.41. The van der Waals surface area contributed by atoms with Crippen LogP contribution in [0.3, 0.4) is 0 Å². The van der Waals surface area contributed by atoms with Gasteiger partial charge in [0.1, 0.15) is 9.77 Å². The Morgan fingerprint density at radius 1 is 1.00 bits per heavy atom. The highest BCUT2D eigenvalue weighted by Crippen LogP contribution is 2.24. The Labute approximate surface area is 163 Å². The van der Waals surface area contributed by atoms with Gasteiger partial charge in [-0.15, -0.1) is 11.3 Å². The Hall–Kier alpha value is -2.64. The molecule has 0 aliphatic rings. The molecule has 3 rings (SSSR count). The van der Waals surface area contributed by atoms with Crippen molar-refractivity contribution in [2.75, 3.05) is 4.72 Å². The molecule has 140 valence electrons. The molecule has 0 fully saturated rings. The number of carbonyl (C=O) groups is 1. The second kappa shape index (κ2) is 7.94. The van der Waals surface area contributed by atoms with E-state index in [0.29, 0.717) is 12.2 Å². The molecule has 0 unspecified atom stereocenters. The van der Waals surface area contributed by atoms with Crippen molar-refractivity contribution in [1.82, 2.24) is 5.32 Å². The Kier molecular flexibility index (Phi) is 5.62. The van der Waals surface area contributed by atoms with E-state index in [4.69, 9.17) is 0 Å². The zero-order valence-corrected chi connectivity index (χ0v) is 16.7. The van der Waals surface area contributed by atoms with Crippen molar-refractivity contribution < 1.29 is 13.2 Å². The highest BCUT2D eigenvalue weighted by atomic mass is 32.2. The lowest BCUT2D eigenvalue weighted by Crippen LogP contribution is -2.25. The molecule has 3 aromatic rings. The fraction of sp³-hybridized carbons (Fsp3) is 0.150. The van der Waals surface area contributed by atoms with E-state index < -0.39 is 15.9 Å². The number of rotatable bonds is 6. The number of aryl methyl sites for hydroxylation is 2. The van der Waals surface area contributed by atoms with Crippen LogP contribution in [0, 0.1) is 13.8 Å². The Bertz CT molecular complexity index is 1050. The van der Waals surface area contributed by atoms with E-state index in [2.05, 4.69) is 10.0 Å². The van der Waals surface area contributed by atoms with Crippen LogP contribution in [0.15, 0.2) is 64.9 Å². The number of anilines is 1. The highest BCUT2D eigenvalue weighted by molar-refractivity contribution is 7.93. The van der Waals surface area contributed by atoms with Crippen molar-refractivity contribution in [3.05, 3.63) is 81.5 Å². The van der Waals surface area contributed by atoms with Gasteiger partial charge in [0.25, 0.3) is 15.9 Å². The van der Waals surface area contributed by atoms with Gasteiger partial charge in [0.05, 0.1) is 0 Å². The van der Waals surface area contributed by atoms with E-state index in [1.54, 1.807) is 17.5 Å². The van der Waals surface area contributed by atoms with Crippen LogP contribution in [-0.2, 0) is 16.6 Å². The summed E-state index contributed by atoms with van der Waals surface area (Å²) in [5.41, 5.74) is 3.55. The molecule has 1 amide bonds. The van der Waals surface area contributed by atoms with Gasteiger partial charge in [0.2, 0.25) is 0 Å². The average Bonchev–Trinajstić information content (AvgIpc) is 3.13. The normalized spacial score (nSPS) is 11.2.